The third kappa shape index (κ3) is 3.05. The maximum Gasteiger partial charge on any atom is 0.224 e. The Bertz CT molecular complexity index is 662. The number of hydrogen-bond acceptors (Lipinski definition) is 5. The standard InChI is InChI=1S/C15H21N5OS/c1-11-14(22-10-16-11)9-19-7-12-4-5-17-20(12)13(8-19)6-15(21)18(2)3/h4-5,10,13H,6-9H2,1-3H3. The Morgan fingerprint density at radius 3 is 3.00 bits per heavy atom. The van der Waals surface area contributed by atoms with Gasteiger partial charge in [-0.1, -0.05) is 0 Å². The molecule has 0 spiro atoms. The van der Waals surface area contributed by atoms with Crippen LogP contribution in [0.15, 0.2) is 17.8 Å². The van der Waals surface area contributed by atoms with Gasteiger partial charge in [0.25, 0.3) is 0 Å². The number of hydrogen-bond donors (Lipinski definition) is 0. The number of thiazole rings is 1. The van der Waals surface area contributed by atoms with E-state index in [4.69, 9.17) is 0 Å². The van der Waals surface area contributed by atoms with Crippen LogP contribution in [0.2, 0.25) is 0 Å². The van der Waals surface area contributed by atoms with Crippen LogP contribution in [0.25, 0.3) is 0 Å². The van der Waals surface area contributed by atoms with Crippen LogP contribution in [0.4, 0.5) is 0 Å². The fraction of sp³-hybridized carbons (Fsp3) is 0.533. The van der Waals surface area contributed by atoms with Gasteiger partial charge in [-0.15, -0.1) is 11.3 Å². The second-order valence-corrected chi connectivity index (χ2v) is 6.88. The fourth-order valence-electron chi connectivity index (χ4n) is 2.80. The highest BCUT2D eigenvalue weighted by molar-refractivity contribution is 7.09. The minimum atomic E-state index is 0.0990. The van der Waals surface area contributed by atoms with Crippen molar-refractivity contribution in [3.8, 4) is 0 Å². The Morgan fingerprint density at radius 1 is 1.50 bits per heavy atom. The van der Waals surface area contributed by atoms with Gasteiger partial charge in [0.2, 0.25) is 5.91 Å². The van der Waals surface area contributed by atoms with E-state index in [9.17, 15) is 4.79 Å². The summed E-state index contributed by atoms with van der Waals surface area (Å²) in [5.74, 6) is 0.141. The third-order valence-electron chi connectivity index (χ3n) is 4.07. The molecular weight excluding hydrogens is 298 g/mol. The molecule has 0 bridgehead atoms. The number of rotatable bonds is 4. The highest BCUT2D eigenvalue weighted by Crippen LogP contribution is 2.26. The van der Waals surface area contributed by atoms with Crippen LogP contribution in [0, 0.1) is 6.92 Å². The fourth-order valence-corrected chi connectivity index (χ4v) is 3.62. The van der Waals surface area contributed by atoms with Gasteiger partial charge in [0.15, 0.2) is 0 Å². The zero-order chi connectivity index (χ0) is 15.7. The van der Waals surface area contributed by atoms with E-state index in [0.717, 1.165) is 25.3 Å². The van der Waals surface area contributed by atoms with Crippen molar-refractivity contribution in [3.63, 3.8) is 0 Å². The Hall–Kier alpha value is -1.73. The van der Waals surface area contributed by atoms with Crippen molar-refractivity contribution in [2.24, 2.45) is 0 Å². The summed E-state index contributed by atoms with van der Waals surface area (Å²) in [6.07, 6.45) is 2.31. The lowest BCUT2D eigenvalue weighted by Crippen LogP contribution is -2.39. The average Bonchev–Trinajstić information content (AvgIpc) is 3.08. The van der Waals surface area contributed by atoms with Gasteiger partial charge in [-0.2, -0.15) is 5.10 Å². The van der Waals surface area contributed by atoms with Crippen LogP contribution in [0.1, 0.15) is 28.7 Å². The topological polar surface area (TPSA) is 54.3 Å². The number of carbonyl (C=O) groups is 1. The van der Waals surface area contributed by atoms with Crippen LogP contribution < -0.4 is 0 Å². The first-order valence-corrected chi connectivity index (χ1v) is 8.26. The molecule has 118 valence electrons. The van der Waals surface area contributed by atoms with Crippen LogP contribution >= 0.6 is 11.3 Å². The van der Waals surface area contributed by atoms with E-state index in [1.807, 2.05) is 29.4 Å². The van der Waals surface area contributed by atoms with Crippen molar-refractivity contribution >= 4 is 17.2 Å². The lowest BCUT2D eigenvalue weighted by molar-refractivity contribution is -0.129. The molecule has 6 nitrogen and oxygen atoms in total. The molecule has 0 saturated heterocycles. The SMILES string of the molecule is Cc1ncsc1CN1Cc2ccnn2C(CC(=O)N(C)C)C1. The molecule has 1 aliphatic rings. The first kappa shape index (κ1) is 15.2. The Labute approximate surface area is 134 Å². The van der Waals surface area contributed by atoms with E-state index in [0.29, 0.717) is 6.42 Å². The van der Waals surface area contributed by atoms with Crippen molar-refractivity contribution in [2.45, 2.75) is 32.5 Å². The normalized spacial score (nSPS) is 18.2. The smallest absolute Gasteiger partial charge is 0.224 e. The number of nitrogens with zero attached hydrogens (tertiary/aromatic N) is 5. The lowest BCUT2D eigenvalue weighted by Gasteiger charge is -2.33. The first-order chi connectivity index (χ1) is 10.5. The molecule has 1 unspecified atom stereocenters. The number of aryl methyl sites for hydroxylation is 1. The van der Waals surface area contributed by atoms with Gasteiger partial charge in [-0.25, -0.2) is 4.98 Å². The molecule has 0 N–H and O–H groups in total. The summed E-state index contributed by atoms with van der Waals surface area (Å²) in [7, 11) is 3.60. The molecule has 3 rings (SSSR count). The number of aromatic nitrogens is 3. The molecule has 22 heavy (non-hydrogen) atoms. The van der Waals surface area contributed by atoms with E-state index in [1.165, 1.54) is 10.6 Å². The molecule has 2 aromatic heterocycles. The number of fused-ring (bicyclic) bond motifs is 1. The van der Waals surface area contributed by atoms with E-state index >= 15 is 0 Å². The Kier molecular flexibility index (Phi) is 4.26. The molecule has 7 heteroatoms. The maximum absolute atomic E-state index is 12.1. The van der Waals surface area contributed by atoms with Gasteiger partial charge in [-0.3, -0.25) is 14.4 Å². The minimum Gasteiger partial charge on any atom is -0.349 e. The zero-order valence-electron chi connectivity index (χ0n) is 13.2. The maximum atomic E-state index is 12.1. The van der Waals surface area contributed by atoms with Gasteiger partial charge in [-0.05, 0) is 13.0 Å². The van der Waals surface area contributed by atoms with Crippen LogP contribution in [-0.2, 0) is 17.9 Å². The van der Waals surface area contributed by atoms with Crippen molar-refractivity contribution < 1.29 is 4.79 Å². The number of carbonyl (C=O) groups excluding carboxylic acids is 1. The molecule has 0 fully saturated rings. The van der Waals surface area contributed by atoms with E-state index in [2.05, 4.69) is 15.0 Å². The Balaban J connectivity index is 1.76. The van der Waals surface area contributed by atoms with Crippen molar-refractivity contribution in [1.29, 1.82) is 0 Å². The summed E-state index contributed by atoms with van der Waals surface area (Å²) >= 11 is 1.70. The lowest BCUT2D eigenvalue weighted by atomic mass is 10.1. The summed E-state index contributed by atoms with van der Waals surface area (Å²) in [6.45, 7) is 4.64. The van der Waals surface area contributed by atoms with Gasteiger partial charge in [0.05, 0.1) is 29.4 Å². The van der Waals surface area contributed by atoms with Crippen LogP contribution in [0.5, 0.6) is 0 Å². The average molecular weight is 319 g/mol. The number of amides is 1. The monoisotopic (exact) mass is 319 g/mol. The summed E-state index contributed by atoms with van der Waals surface area (Å²) in [4.78, 5) is 21.7. The van der Waals surface area contributed by atoms with E-state index in [-0.39, 0.29) is 11.9 Å². The second kappa shape index (κ2) is 6.18. The first-order valence-electron chi connectivity index (χ1n) is 7.38. The van der Waals surface area contributed by atoms with Gasteiger partial charge < -0.3 is 4.90 Å². The van der Waals surface area contributed by atoms with Gasteiger partial charge in [0, 0.05) is 44.8 Å². The predicted octanol–water partition coefficient (Wildman–Crippen LogP) is 1.68. The molecule has 1 atom stereocenters. The summed E-state index contributed by atoms with van der Waals surface area (Å²) in [5.41, 5.74) is 4.17. The summed E-state index contributed by atoms with van der Waals surface area (Å²) in [5, 5.41) is 4.41. The minimum absolute atomic E-state index is 0.0990. The van der Waals surface area contributed by atoms with Crippen molar-refractivity contribution in [3.05, 3.63) is 34.0 Å². The predicted molar refractivity (Wildman–Crippen MR) is 85.5 cm³/mol. The molecule has 3 heterocycles. The third-order valence-corrected chi connectivity index (χ3v) is 4.99. The summed E-state index contributed by atoms with van der Waals surface area (Å²) < 4.78 is 2.01. The van der Waals surface area contributed by atoms with Crippen molar-refractivity contribution in [1.82, 2.24) is 24.6 Å². The second-order valence-electron chi connectivity index (χ2n) is 5.94. The van der Waals surface area contributed by atoms with Gasteiger partial charge >= 0.3 is 0 Å². The molecular formula is C15H21N5OS. The molecule has 0 aliphatic carbocycles. The highest BCUT2D eigenvalue weighted by Gasteiger charge is 2.28. The van der Waals surface area contributed by atoms with E-state index < -0.39 is 0 Å². The molecule has 0 saturated carbocycles. The zero-order valence-corrected chi connectivity index (χ0v) is 14.0. The van der Waals surface area contributed by atoms with E-state index in [1.54, 1.807) is 30.3 Å². The highest BCUT2D eigenvalue weighted by atomic mass is 32.1. The quantitative estimate of drug-likeness (QED) is 0.860. The largest absolute Gasteiger partial charge is 0.349 e. The van der Waals surface area contributed by atoms with Gasteiger partial charge in [0.1, 0.15) is 0 Å². The van der Waals surface area contributed by atoms with Crippen LogP contribution in [-0.4, -0.2) is 51.1 Å². The molecule has 2 aromatic rings. The molecule has 1 aliphatic heterocycles. The molecule has 0 radical (unpaired) electrons. The molecule has 1 amide bonds. The summed E-state index contributed by atoms with van der Waals surface area (Å²) in [6, 6.07) is 2.14. The van der Waals surface area contributed by atoms with Crippen LogP contribution in [0.3, 0.4) is 0 Å². The molecule has 0 aromatic carbocycles. The van der Waals surface area contributed by atoms with Crippen molar-refractivity contribution in [2.75, 3.05) is 20.6 Å². The Morgan fingerprint density at radius 2 is 2.32 bits per heavy atom.